The van der Waals surface area contributed by atoms with E-state index in [2.05, 4.69) is 25.9 Å². The molecule has 0 spiro atoms. The van der Waals surface area contributed by atoms with Gasteiger partial charge in [-0.1, -0.05) is 6.07 Å². The summed E-state index contributed by atoms with van der Waals surface area (Å²) < 4.78 is 43.7. The second-order valence-corrected chi connectivity index (χ2v) is 6.77. The van der Waals surface area contributed by atoms with Gasteiger partial charge >= 0.3 is 12.2 Å². The van der Waals surface area contributed by atoms with Crippen LogP contribution in [0.1, 0.15) is 16.8 Å². The van der Waals surface area contributed by atoms with Crippen molar-refractivity contribution in [3.63, 3.8) is 0 Å². The van der Waals surface area contributed by atoms with Gasteiger partial charge in [0.2, 0.25) is 0 Å². The number of urea groups is 1. The van der Waals surface area contributed by atoms with E-state index < -0.39 is 23.5 Å². The van der Waals surface area contributed by atoms with Crippen molar-refractivity contribution in [2.24, 2.45) is 0 Å². The average molecular weight is 443 g/mol. The quantitative estimate of drug-likeness (QED) is 0.443. The summed E-state index contributed by atoms with van der Waals surface area (Å²) in [6.07, 6.45) is 0.157. The van der Waals surface area contributed by atoms with Crippen molar-refractivity contribution in [3.05, 3.63) is 65.7 Å². The zero-order valence-electron chi connectivity index (χ0n) is 16.5. The average Bonchev–Trinajstić information content (AvgIpc) is 3.35. The van der Waals surface area contributed by atoms with Crippen LogP contribution in [0.2, 0.25) is 0 Å². The van der Waals surface area contributed by atoms with E-state index in [-0.39, 0.29) is 11.6 Å². The number of aromatic amines is 1. The van der Waals surface area contributed by atoms with Crippen molar-refractivity contribution in [1.29, 1.82) is 0 Å². The number of nitrogens with one attached hydrogen (secondary N) is 4. The van der Waals surface area contributed by atoms with Gasteiger partial charge in [-0.2, -0.15) is 13.2 Å². The number of alkyl halides is 3. The summed E-state index contributed by atoms with van der Waals surface area (Å²) in [7, 11) is 1.11. The minimum Gasteiger partial charge on any atom is -0.496 e. The van der Waals surface area contributed by atoms with Gasteiger partial charge in [0.1, 0.15) is 5.75 Å². The van der Waals surface area contributed by atoms with E-state index in [0.717, 1.165) is 25.3 Å². The molecule has 4 rings (SSSR count). The monoisotopic (exact) mass is 443 g/mol. The highest BCUT2D eigenvalue weighted by Crippen LogP contribution is 2.38. The van der Waals surface area contributed by atoms with Gasteiger partial charge in [0, 0.05) is 23.0 Å². The van der Waals surface area contributed by atoms with E-state index in [9.17, 15) is 22.8 Å². The molecular weight excluding hydrogens is 427 g/mol. The van der Waals surface area contributed by atoms with Crippen LogP contribution in [0.3, 0.4) is 0 Å². The van der Waals surface area contributed by atoms with Crippen LogP contribution in [0.4, 0.5) is 35.0 Å². The molecule has 1 aliphatic rings. The molecule has 8 nitrogen and oxygen atoms in total. The Morgan fingerprint density at radius 3 is 2.50 bits per heavy atom. The third kappa shape index (κ3) is 4.26. The Labute approximate surface area is 179 Å². The number of carbonyl (C=O) groups is 2. The second kappa shape index (κ2) is 8.10. The van der Waals surface area contributed by atoms with E-state index >= 15 is 0 Å². The molecule has 32 heavy (non-hydrogen) atoms. The molecule has 2 heterocycles. The van der Waals surface area contributed by atoms with Crippen molar-refractivity contribution in [3.8, 4) is 5.75 Å². The summed E-state index contributed by atoms with van der Waals surface area (Å²) in [5, 5.41) is 7.75. The lowest BCUT2D eigenvalue weighted by Gasteiger charge is -2.14. The summed E-state index contributed by atoms with van der Waals surface area (Å²) in [6, 6.07) is 7.21. The predicted molar refractivity (Wildman–Crippen MR) is 112 cm³/mol. The maximum atomic E-state index is 13.0. The first kappa shape index (κ1) is 21.0. The number of halogens is 3. The number of imidazole rings is 1. The molecular formula is C21H16F3N5O3. The summed E-state index contributed by atoms with van der Waals surface area (Å²) in [4.78, 5) is 31.4. The first-order valence-electron chi connectivity index (χ1n) is 9.23. The van der Waals surface area contributed by atoms with Crippen LogP contribution < -0.4 is 20.7 Å². The van der Waals surface area contributed by atoms with Gasteiger partial charge in [0.15, 0.2) is 0 Å². The van der Waals surface area contributed by atoms with Gasteiger partial charge in [0.25, 0.3) is 5.91 Å². The lowest BCUT2D eigenvalue weighted by atomic mass is 10.1. The van der Waals surface area contributed by atoms with Gasteiger partial charge < -0.3 is 25.7 Å². The maximum absolute atomic E-state index is 13.0. The van der Waals surface area contributed by atoms with E-state index in [4.69, 9.17) is 4.74 Å². The highest BCUT2D eigenvalue weighted by molar-refractivity contribution is 6.35. The molecule has 3 amide bonds. The summed E-state index contributed by atoms with van der Waals surface area (Å²) in [5.41, 5.74) is 1.82. The lowest BCUT2D eigenvalue weighted by Crippen LogP contribution is -2.19. The number of aromatic nitrogens is 2. The molecule has 0 radical (unpaired) electrons. The van der Waals surface area contributed by atoms with E-state index in [1.54, 1.807) is 30.5 Å². The van der Waals surface area contributed by atoms with Crippen LogP contribution in [0, 0.1) is 0 Å². The molecule has 0 saturated carbocycles. The number of ether oxygens (including phenoxy) is 1. The number of fused-ring (bicyclic) bond motifs is 1. The largest absolute Gasteiger partial charge is 0.496 e. The van der Waals surface area contributed by atoms with Crippen molar-refractivity contribution < 1.29 is 27.5 Å². The van der Waals surface area contributed by atoms with Gasteiger partial charge in [-0.3, -0.25) is 4.79 Å². The minimum atomic E-state index is -4.58. The van der Waals surface area contributed by atoms with Gasteiger partial charge in [-0.15, -0.1) is 0 Å². The Morgan fingerprint density at radius 1 is 1.12 bits per heavy atom. The Balaban J connectivity index is 1.48. The van der Waals surface area contributed by atoms with Crippen molar-refractivity contribution in [2.45, 2.75) is 6.18 Å². The van der Waals surface area contributed by atoms with Crippen molar-refractivity contribution in [1.82, 2.24) is 9.97 Å². The number of amides is 3. The number of hydrogen-bond acceptors (Lipinski definition) is 4. The van der Waals surface area contributed by atoms with Gasteiger partial charge in [-0.05, 0) is 30.3 Å². The number of nitrogens with zero attached hydrogens (tertiary/aromatic N) is 1. The summed E-state index contributed by atoms with van der Waals surface area (Å²) in [5.74, 6) is -0.708. The fraction of sp³-hybridized carbons (Fsp3) is 0.0952. The zero-order chi connectivity index (χ0) is 22.9. The standard InChI is InChI=1S/C21H16F3N5O3/c1-32-18-8-12(3-5-16(18)21(22,23)24)28-20(31)27-11-2-4-14-15(6-13-9-25-10-26-13)19(30)29-17(14)7-11/h2-10H,1H3,(H,25,26)(H,29,30)(H2,27,28,31). The molecule has 0 aliphatic carbocycles. The minimum absolute atomic E-state index is 0.117. The van der Waals surface area contributed by atoms with Crippen molar-refractivity contribution in [2.75, 3.05) is 23.1 Å². The molecule has 1 aliphatic heterocycles. The van der Waals surface area contributed by atoms with Crippen LogP contribution in [0.5, 0.6) is 5.75 Å². The number of benzene rings is 2. The molecule has 0 atom stereocenters. The third-order valence-electron chi connectivity index (χ3n) is 4.64. The summed E-state index contributed by atoms with van der Waals surface area (Å²) >= 11 is 0. The third-order valence-corrected chi connectivity index (χ3v) is 4.64. The molecule has 4 N–H and O–H groups in total. The Kier molecular flexibility index (Phi) is 5.31. The molecule has 11 heteroatoms. The van der Waals surface area contributed by atoms with E-state index in [0.29, 0.717) is 28.2 Å². The number of hydrogen-bond donors (Lipinski definition) is 4. The van der Waals surface area contributed by atoms with E-state index in [1.807, 2.05) is 0 Å². The molecule has 164 valence electrons. The molecule has 0 saturated heterocycles. The molecule has 3 aromatic rings. The molecule has 0 bridgehead atoms. The highest BCUT2D eigenvalue weighted by atomic mass is 19.4. The zero-order valence-corrected chi connectivity index (χ0v) is 16.5. The van der Waals surface area contributed by atoms with Crippen LogP contribution in [0.25, 0.3) is 11.6 Å². The SMILES string of the molecule is COc1cc(NC(=O)Nc2ccc3c(c2)NC(=O)C3=Cc2cnc[nH]2)ccc1C(F)(F)F. The Hall–Kier alpha value is -4.28. The van der Waals surface area contributed by atoms with Gasteiger partial charge in [-0.25, -0.2) is 9.78 Å². The fourth-order valence-corrected chi connectivity index (χ4v) is 3.21. The smallest absolute Gasteiger partial charge is 0.419 e. The first-order chi connectivity index (χ1) is 15.2. The Bertz CT molecular complexity index is 1220. The molecule has 1 aromatic heterocycles. The number of rotatable bonds is 4. The lowest BCUT2D eigenvalue weighted by molar-refractivity contribution is -0.138. The Morgan fingerprint density at radius 2 is 1.84 bits per heavy atom. The number of methoxy groups -OCH3 is 1. The van der Waals surface area contributed by atoms with Crippen LogP contribution in [0.15, 0.2) is 48.9 Å². The first-order valence-corrected chi connectivity index (χ1v) is 9.23. The normalized spacial score (nSPS) is 14.1. The van der Waals surface area contributed by atoms with Crippen molar-refractivity contribution >= 4 is 40.6 Å². The molecule has 0 fully saturated rings. The van der Waals surface area contributed by atoms with Crippen LogP contribution in [-0.4, -0.2) is 29.0 Å². The van der Waals surface area contributed by atoms with Crippen LogP contribution >= 0.6 is 0 Å². The van der Waals surface area contributed by atoms with Gasteiger partial charge in [0.05, 0.1) is 42.2 Å². The number of anilines is 3. The maximum Gasteiger partial charge on any atom is 0.419 e. The highest BCUT2D eigenvalue weighted by Gasteiger charge is 2.34. The topological polar surface area (TPSA) is 108 Å². The van der Waals surface area contributed by atoms with E-state index in [1.165, 1.54) is 6.33 Å². The molecule has 2 aromatic carbocycles. The number of H-pyrrole nitrogens is 1. The number of carbonyl (C=O) groups excluding carboxylic acids is 2. The molecule has 0 unspecified atom stereocenters. The second-order valence-electron chi connectivity index (χ2n) is 6.77. The fourth-order valence-electron chi connectivity index (χ4n) is 3.21. The summed E-state index contributed by atoms with van der Waals surface area (Å²) in [6.45, 7) is 0. The van der Waals surface area contributed by atoms with Crippen LogP contribution in [-0.2, 0) is 11.0 Å². The predicted octanol–water partition coefficient (Wildman–Crippen LogP) is 4.57.